The molecule has 21 heavy (non-hydrogen) atoms. The first kappa shape index (κ1) is 16.6. The predicted molar refractivity (Wildman–Crippen MR) is 86.9 cm³/mol. The minimum Gasteiger partial charge on any atom is -0.399 e. The number of benzene rings is 1. The van der Waals surface area contributed by atoms with Crippen LogP contribution >= 0.6 is 11.6 Å². The lowest BCUT2D eigenvalue weighted by Crippen LogP contribution is -2.40. The number of rotatable bonds is 3. The van der Waals surface area contributed by atoms with Gasteiger partial charge in [0.25, 0.3) is 0 Å². The van der Waals surface area contributed by atoms with Crippen molar-refractivity contribution in [1.29, 1.82) is 0 Å². The van der Waals surface area contributed by atoms with Crippen LogP contribution in [-0.2, 0) is 10.0 Å². The third-order valence-corrected chi connectivity index (χ3v) is 6.83. The van der Waals surface area contributed by atoms with E-state index in [-0.39, 0.29) is 16.0 Å². The molecule has 1 aliphatic rings. The lowest BCUT2D eigenvalue weighted by molar-refractivity contribution is 0.174. The molecule has 1 aliphatic carbocycles. The van der Waals surface area contributed by atoms with E-state index in [9.17, 15) is 8.42 Å². The minimum absolute atomic E-state index is 0.0386. The Bertz CT molecular complexity index is 619. The second-order valence-corrected chi connectivity index (χ2v) is 8.98. The van der Waals surface area contributed by atoms with Gasteiger partial charge in [0.15, 0.2) is 0 Å². The summed E-state index contributed by atoms with van der Waals surface area (Å²) in [7, 11) is -1.93. The molecule has 1 fully saturated rings. The number of sulfonamides is 1. The van der Waals surface area contributed by atoms with Gasteiger partial charge in [-0.3, -0.25) is 0 Å². The molecule has 1 saturated carbocycles. The van der Waals surface area contributed by atoms with E-state index in [2.05, 4.69) is 13.8 Å². The Labute approximate surface area is 132 Å². The Morgan fingerprint density at radius 3 is 2.38 bits per heavy atom. The van der Waals surface area contributed by atoms with E-state index in [1.807, 2.05) is 0 Å². The largest absolute Gasteiger partial charge is 0.399 e. The fourth-order valence-corrected chi connectivity index (χ4v) is 4.77. The highest BCUT2D eigenvalue weighted by Crippen LogP contribution is 2.38. The Hall–Kier alpha value is -0.780. The molecule has 2 rings (SSSR count). The maximum absolute atomic E-state index is 12.7. The molecule has 2 N–H and O–H groups in total. The Kier molecular flexibility index (Phi) is 4.57. The first-order valence-corrected chi connectivity index (χ1v) is 8.98. The first-order chi connectivity index (χ1) is 9.63. The van der Waals surface area contributed by atoms with Crippen LogP contribution in [0.1, 0.15) is 39.5 Å². The summed E-state index contributed by atoms with van der Waals surface area (Å²) in [5.41, 5.74) is 6.39. The van der Waals surface area contributed by atoms with Crippen LogP contribution in [0, 0.1) is 5.41 Å². The molecule has 0 bridgehead atoms. The Morgan fingerprint density at radius 1 is 1.29 bits per heavy atom. The lowest BCUT2D eigenvalue weighted by atomic mass is 9.76. The summed E-state index contributed by atoms with van der Waals surface area (Å²) >= 11 is 6.06. The number of nitrogens with zero attached hydrogens (tertiary/aromatic N) is 1. The van der Waals surface area contributed by atoms with Crippen LogP contribution in [0.3, 0.4) is 0 Å². The molecule has 6 heteroatoms. The smallest absolute Gasteiger partial charge is 0.244 e. The molecule has 0 spiro atoms. The highest BCUT2D eigenvalue weighted by atomic mass is 35.5. The highest BCUT2D eigenvalue weighted by Gasteiger charge is 2.34. The number of anilines is 1. The third kappa shape index (κ3) is 3.52. The zero-order valence-corrected chi connectivity index (χ0v) is 14.3. The number of nitrogen functional groups attached to an aromatic ring is 1. The molecule has 0 radical (unpaired) electrons. The number of hydrogen-bond donors (Lipinski definition) is 1. The SMILES string of the molecule is CN(C1CCC(C)(C)CC1)S(=O)(=O)c1ccc(N)cc1Cl. The summed E-state index contributed by atoms with van der Waals surface area (Å²) in [6.45, 7) is 4.46. The van der Waals surface area contributed by atoms with Gasteiger partial charge in [-0.1, -0.05) is 25.4 Å². The molecule has 4 nitrogen and oxygen atoms in total. The van der Waals surface area contributed by atoms with E-state index < -0.39 is 10.0 Å². The van der Waals surface area contributed by atoms with Gasteiger partial charge in [-0.05, 0) is 49.3 Å². The average Bonchev–Trinajstić information content (AvgIpc) is 2.37. The fourth-order valence-electron chi connectivity index (χ4n) is 2.83. The van der Waals surface area contributed by atoms with E-state index in [0.717, 1.165) is 25.7 Å². The van der Waals surface area contributed by atoms with Gasteiger partial charge in [0.1, 0.15) is 4.90 Å². The van der Waals surface area contributed by atoms with Crippen molar-refractivity contribution in [3.05, 3.63) is 23.2 Å². The predicted octanol–water partition coefficient (Wildman–Crippen LogP) is 3.51. The van der Waals surface area contributed by atoms with E-state index >= 15 is 0 Å². The summed E-state index contributed by atoms with van der Waals surface area (Å²) in [6, 6.07) is 4.57. The van der Waals surface area contributed by atoms with Gasteiger partial charge >= 0.3 is 0 Å². The molecule has 0 unspecified atom stereocenters. The molecule has 1 aromatic carbocycles. The number of hydrogen-bond acceptors (Lipinski definition) is 3. The summed E-state index contributed by atoms with van der Waals surface area (Å²) in [5.74, 6) is 0. The van der Waals surface area contributed by atoms with Crippen LogP contribution < -0.4 is 5.73 Å². The van der Waals surface area contributed by atoms with E-state index in [1.54, 1.807) is 13.1 Å². The molecule has 0 atom stereocenters. The van der Waals surface area contributed by atoms with Crippen LogP contribution in [0.5, 0.6) is 0 Å². The second-order valence-electron chi connectivity index (χ2n) is 6.61. The summed E-state index contributed by atoms with van der Waals surface area (Å²) < 4.78 is 26.9. The lowest BCUT2D eigenvalue weighted by Gasteiger charge is -2.38. The fraction of sp³-hybridized carbons (Fsp3) is 0.600. The maximum Gasteiger partial charge on any atom is 0.244 e. The standard InChI is InChI=1S/C15H23ClN2O2S/c1-15(2)8-6-12(7-9-15)18(3)21(19,20)14-5-4-11(17)10-13(14)16/h4-5,10,12H,6-9,17H2,1-3H3. The molecule has 0 aromatic heterocycles. The van der Waals surface area contributed by atoms with Crippen molar-refractivity contribution in [2.24, 2.45) is 5.41 Å². The second kappa shape index (κ2) is 5.78. The van der Waals surface area contributed by atoms with E-state index in [0.29, 0.717) is 11.1 Å². The molecular weight excluding hydrogens is 308 g/mol. The highest BCUT2D eigenvalue weighted by molar-refractivity contribution is 7.89. The molecule has 118 valence electrons. The topological polar surface area (TPSA) is 63.4 Å². The van der Waals surface area contributed by atoms with Gasteiger partial charge in [-0.2, -0.15) is 4.31 Å². The van der Waals surface area contributed by atoms with Crippen molar-refractivity contribution in [2.45, 2.75) is 50.5 Å². The van der Waals surface area contributed by atoms with Gasteiger partial charge in [0.2, 0.25) is 10.0 Å². The van der Waals surface area contributed by atoms with Gasteiger partial charge in [0, 0.05) is 18.8 Å². The first-order valence-electron chi connectivity index (χ1n) is 7.16. The Balaban J connectivity index is 2.23. The number of halogens is 1. The molecular formula is C15H23ClN2O2S. The number of nitrogens with two attached hydrogens (primary N) is 1. The zero-order valence-electron chi connectivity index (χ0n) is 12.8. The zero-order chi connectivity index (χ0) is 15.8. The van der Waals surface area contributed by atoms with Crippen LogP contribution in [0.4, 0.5) is 5.69 Å². The van der Waals surface area contributed by atoms with Crippen molar-refractivity contribution in [1.82, 2.24) is 4.31 Å². The Morgan fingerprint density at radius 2 is 1.86 bits per heavy atom. The monoisotopic (exact) mass is 330 g/mol. The third-order valence-electron chi connectivity index (χ3n) is 4.44. The molecule has 0 heterocycles. The van der Waals surface area contributed by atoms with Crippen LogP contribution in [-0.4, -0.2) is 25.8 Å². The summed E-state index contributed by atoms with van der Waals surface area (Å²) in [6.07, 6.45) is 3.84. The van der Waals surface area contributed by atoms with Crippen molar-refractivity contribution in [3.8, 4) is 0 Å². The minimum atomic E-state index is -3.58. The van der Waals surface area contributed by atoms with Crippen LogP contribution in [0.2, 0.25) is 5.02 Å². The molecule has 0 amide bonds. The quantitative estimate of drug-likeness (QED) is 0.862. The van der Waals surface area contributed by atoms with Gasteiger partial charge in [-0.15, -0.1) is 0 Å². The van der Waals surface area contributed by atoms with Gasteiger partial charge < -0.3 is 5.73 Å². The molecule has 0 aliphatic heterocycles. The van der Waals surface area contributed by atoms with Crippen LogP contribution in [0.15, 0.2) is 23.1 Å². The van der Waals surface area contributed by atoms with E-state index in [4.69, 9.17) is 17.3 Å². The van der Waals surface area contributed by atoms with Crippen molar-refractivity contribution < 1.29 is 8.42 Å². The van der Waals surface area contributed by atoms with E-state index in [1.165, 1.54) is 16.4 Å². The summed E-state index contributed by atoms with van der Waals surface area (Å²) in [5, 5.41) is 0.179. The van der Waals surface area contributed by atoms with Crippen molar-refractivity contribution in [3.63, 3.8) is 0 Å². The molecule has 0 saturated heterocycles. The van der Waals surface area contributed by atoms with Crippen molar-refractivity contribution >= 4 is 27.3 Å². The maximum atomic E-state index is 12.7. The van der Waals surface area contributed by atoms with Gasteiger partial charge in [-0.25, -0.2) is 8.42 Å². The van der Waals surface area contributed by atoms with Gasteiger partial charge in [0.05, 0.1) is 5.02 Å². The summed E-state index contributed by atoms with van der Waals surface area (Å²) in [4.78, 5) is 0.130. The molecule has 1 aromatic rings. The average molecular weight is 331 g/mol. The normalized spacial score (nSPS) is 19.9. The van der Waals surface area contributed by atoms with Crippen molar-refractivity contribution in [2.75, 3.05) is 12.8 Å². The van der Waals surface area contributed by atoms with Crippen LogP contribution in [0.25, 0.3) is 0 Å².